The van der Waals surface area contributed by atoms with E-state index in [0.29, 0.717) is 90.0 Å². The van der Waals surface area contributed by atoms with E-state index in [-0.39, 0.29) is 29.0 Å². The maximum absolute atomic E-state index is 12.8. The van der Waals surface area contributed by atoms with Crippen molar-refractivity contribution in [3.05, 3.63) is 174 Å². The summed E-state index contributed by atoms with van der Waals surface area (Å²) in [7, 11) is 1.32. The normalized spacial score (nSPS) is 12.4. The Morgan fingerprint density at radius 3 is 1.46 bits per heavy atom. The standard InChI is InChI=1S/C30H25Cl2N3O4S.C24H15Cl2NO4S/c1-17(36)35-12-10-22(11-13-35)33-28(37)19-4-2-18(3-5-19)23-8-6-21(14-24(23)30(38)39)29-34-27(16-40-29)20-7-9-25(31)26(32)15-20;1-31-24(30)18-10-16(6-8-17(18)13-2-4-14(5-3-13)23(28)29)22-27-21(12-32-22)15-7-9-19(25)20(26)11-15/h2-9,14-16,22H,10-13H2,1H3,(H,33,37)(H,38,39);2-12H,1H3,(H,28,29). The summed E-state index contributed by atoms with van der Waals surface area (Å²) in [4.78, 5) is 71.3. The first-order valence-corrected chi connectivity index (χ1v) is 25.3. The highest BCUT2D eigenvalue weighted by molar-refractivity contribution is 7.13. The molecule has 3 heterocycles. The lowest BCUT2D eigenvalue weighted by Gasteiger charge is -2.31. The molecule has 1 aliphatic rings. The Morgan fingerprint density at radius 1 is 0.569 bits per heavy atom. The number of nitrogens with zero attached hydrogens (tertiary/aromatic N) is 3. The lowest BCUT2D eigenvalue weighted by molar-refractivity contribution is -0.129. The van der Waals surface area contributed by atoms with E-state index in [0.717, 1.165) is 33.1 Å². The molecule has 2 aromatic heterocycles. The lowest BCUT2D eigenvalue weighted by atomic mass is 9.96. The molecule has 1 saturated heterocycles. The molecule has 0 radical (unpaired) electrons. The summed E-state index contributed by atoms with van der Waals surface area (Å²) in [6.07, 6.45) is 1.43. The largest absolute Gasteiger partial charge is 0.478 e. The van der Waals surface area contributed by atoms with Crippen LogP contribution in [0.15, 0.2) is 132 Å². The molecular weight excluding hydrogens is 1040 g/mol. The van der Waals surface area contributed by atoms with Gasteiger partial charge in [-0.25, -0.2) is 24.4 Å². The number of carboxylic acids is 2. The molecule has 364 valence electrons. The van der Waals surface area contributed by atoms with Crippen LogP contribution < -0.4 is 5.32 Å². The summed E-state index contributed by atoms with van der Waals surface area (Å²) in [5.41, 5.74) is 8.29. The third kappa shape index (κ3) is 11.9. The van der Waals surface area contributed by atoms with Crippen LogP contribution >= 0.6 is 69.1 Å². The molecule has 0 atom stereocenters. The third-order valence-corrected chi connectivity index (χ3v) is 15.0. The van der Waals surface area contributed by atoms with Gasteiger partial charge in [0.2, 0.25) is 5.91 Å². The molecular formula is C54H40Cl4N4O8S2. The first-order chi connectivity index (χ1) is 34.6. The number of hydrogen-bond donors (Lipinski definition) is 3. The minimum absolute atomic E-state index is 0.0111. The van der Waals surface area contributed by atoms with E-state index in [1.165, 1.54) is 41.9 Å². The van der Waals surface area contributed by atoms with Crippen molar-refractivity contribution < 1.29 is 38.9 Å². The number of esters is 1. The van der Waals surface area contributed by atoms with E-state index in [2.05, 4.69) is 15.3 Å². The molecule has 0 saturated carbocycles. The number of methoxy groups -OCH3 is 1. The molecule has 1 aliphatic heterocycles. The van der Waals surface area contributed by atoms with Crippen LogP contribution in [0.2, 0.25) is 20.1 Å². The number of halogens is 4. The highest BCUT2D eigenvalue weighted by atomic mass is 35.5. The molecule has 9 rings (SSSR count). The van der Waals surface area contributed by atoms with Crippen molar-refractivity contribution in [3.8, 4) is 65.9 Å². The van der Waals surface area contributed by atoms with Gasteiger partial charge >= 0.3 is 17.9 Å². The maximum atomic E-state index is 12.8. The summed E-state index contributed by atoms with van der Waals surface area (Å²) in [5.74, 6) is -2.71. The molecule has 12 nitrogen and oxygen atoms in total. The van der Waals surface area contributed by atoms with Gasteiger partial charge in [-0.2, -0.15) is 0 Å². The second-order valence-electron chi connectivity index (χ2n) is 16.4. The summed E-state index contributed by atoms with van der Waals surface area (Å²) in [6, 6.07) is 34.4. The van der Waals surface area contributed by atoms with E-state index in [1.54, 1.807) is 96.8 Å². The number of ether oxygens (including phenoxy) is 1. The van der Waals surface area contributed by atoms with Crippen LogP contribution in [-0.4, -0.2) is 81.0 Å². The van der Waals surface area contributed by atoms with E-state index in [9.17, 15) is 29.1 Å². The molecule has 6 aromatic carbocycles. The second kappa shape index (κ2) is 22.7. The quantitative estimate of drug-likeness (QED) is 0.106. The number of aromatic nitrogens is 2. The number of carbonyl (C=O) groups excluding carboxylic acids is 3. The lowest BCUT2D eigenvalue weighted by Crippen LogP contribution is -2.45. The first kappa shape index (κ1) is 51.4. The third-order valence-electron chi connectivity index (χ3n) is 11.8. The number of likely N-dealkylation sites (tertiary alicyclic amines) is 1. The van der Waals surface area contributed by atoms with Gasteiger partial charge in [0.15, 0.2) is 0 Å². The second-order valence-corrected chi connectivity index (χ2v) is 19.7. The fourth-order valence-electron chi connectivity index (χ4n) is 7.90. The number of carbonyl (C=O) groups is 5. The summed E-state index contributed by atoms with van der Waals surface area (Å²) in [5, 5.41) is 29.1. The number of nitrogens with one attached hydrogen (secondary N) is 1. The van der Waals surface area contributed by atoms with Gasteiger partial charge in [0.25, 0.3) is 5.91 Å². The predicted molar refractivity (Wildman–Crippen MR) is 285 cm³/mol. The number of carboxylic acid groups (broad SMARTS) is 2. The molecule has 3 N–H and O–H groups in total. The van der Waals surface area contributed by atoms with Gasteiger partial charge in [-0.15, -0.1) is 22.7 Å². The monoisotopic (exact) mass is 1080 g/mol. The van der Waals surface area contributed by atoms with Crippen molar-refractivity contribution in [3.63, 3.8) is 0 Å². The summed E-state index contributed by atoms with van der Waals surface area (Å²) in [6.45, 7) is 2.81. The Hall–Kier alpha value is -6.91. The topological polar surface area (TPSA) is 176 Å². The Bertz CT molecular complexity index is 3370. The van der Waals surface area contributed by atoms with Crippen LogP contribution in [-0.2, 0) is 9.53 Å². The Morgan fingerprint density at radius 2 is 1.01 bits per heavy atom. The highest BCUT2D eigenvalue weighted by Gasteiger charge is 2.23. The number of rotatable bonds is 11. The van der Waals surface area contributed by atoms with Gasteiger partial charge in [0.1, 0.15) is 10.0 Å². The summed E-state index contributed by atoms with van der Waals surface area (Å²) >= 11 is 27.1. The number of piperidine rings is 1. The zero-order valence-corrected chi connectivity index (χ0v) is 42.8. The molecule has 0 unspecified atom stereocenters. The molecule has 72 heavy (non-hydrogen) atoms. The first-order valence-electron chi connectivity index (χ1n) is 22.0. The Labute approximate surface area is 441 Å². The molecule has 18 heteroatoms. The van der Waals surface area contributed by atoms with Crippen molar-refractivity contribution in [2.75, 3.05) is 20.2 Å². The molecule has 1 fully saturated rings. The minimum Gasteiger partial charge on any atom is -0.478 e. The van der Waals surface area contributed by atoms with Crippen molar-refractivity contribution in [1.82, 2.24) is 20.2 Å². The Kier molecular flexibility index (Phi) is 16.2. The molecule has 0 aliphatic carbocycles. The predicted octanol–water partition coefficient (Wildman–Crippen LogP) is 13.8. The van der Waals surface area contributed by atoms with E-state index >= 15 is 0 Å². The fourth-order valence-corrected chi connectivity index (χ4v) is 10.2. The SMILES string of the molecule is CC(=O)N1CCC(NC(=O)c2ccc(-c3ccc(-c4nc(-c5ccc(Cl)c(Cl)c5)cs4)cc3C(=O)O)cc2)CC1.COC(=O)c1cc(-c2nc(-c3ccc(Cl)c(Cl)c3)cs2)ccc1-c1ccc(C(=O)O)cc1. The number of thiazole rings is 2. The smallest absolute Gasteiger partial charge is 0.338 e. The molecule has 2 amide bonds. The molecule has 8 aromatic rings. The van der Waals surface area contributed by atoms with Crippen molar-refractivity contribution >= 4 is 98.8 Å². The van der Waals surface area contributed by atoms with Gasteiger partial charge in [0, 0.05) is 64.6 Å². The van der Waals surface area contributed by atoms with Crippen LogP contribution in [0.25, 0.3) is 65.9 Å². The number of hydrogen-bond acceptors (Lipinski definition) is 10. The van der Waals surface area contributed by atoms with Crippen LogP contribution in [0.3, 0.4) is 0 Å². The van der Waals surface area contributed by atoms with Crippen molar-refractivity contribution in [2.24, 2.45) is 0 Å². The van der Waals surface area contributed by atoms with Gasteiger partial charge in [-0.05, 0) is 95.8 Å². The van der Waals surface area contributed by atoms with Crippen molar-refractivity contribution in [1.29, 1.82) is 0 Å². The average Bonchev–Trinajstić information content (AvgIpc) is 4.10. The fraction of sp³-hybridized carbons (Fsp3) is 0.130. The van der Waals surface area contributed by atoms with E-state index in [4.69, 9.17) is 56.2 Å². The number of amides is 2. The Balaban J connectivity index is 0.000000197. The zero-order valence-electron chi connectivity index (χ0n) is 38.1. The van der Waals surface area contributed by atoms with Crippen LogP contribution in [0.5, 0.6) is 0 Å². The molecule has 0 bridgehead atoms. The molecule has 0 spiro atoms. The van der Waals surface area contributed by atoms with Crippen molar-refractivity contribution in [2.45, 2.75) is 25.8 Å². The highest BCUT2D eigenvalue weighted by Crippen LogP contribution is 2.37. The average molecular weight is 1080 g/mol. The van der Waals surface area contributed by atoms with Gasteiger partial charge in [-0.1, -0.05) is 107 Å². The van der Waals surface area contributed by atoms with Gasteiger partial charge in [0.05, 0.1) is 55.3 Å². The summed E-state index contributed by atoms with van der Waals surface area (Å²) < 4.78 is 4.97. The maximum Gasteiger partial charge on any atom is 0.338 e. The van der Waals surface area contributed by atoms with Gasteiger partial charge < -0.3 is 25.2 Å². The van der Waals surface area contributed by atoms with Crippen LogP contribution in [0, 0.1) is 0 Å². The van der Waals surface area contributed by atoms with E-state index < -0.39 is 17.9 Å². The zero-order chi connectivity index (χ0) is 51.2. The van der Waals surface area contributed by atoms with Crippen LogP contribution in [0.4, 0.5) is 0 Å². The van der Waals surface area contributed by atoms with Crippen LogP contribution in [0.1, 0.15) is 61.2 Å². The van der Waals surface area contributed by atoms with E-state index in [1.807, 2.05) is 35.0 Å². The minimum atomic E-state index is -1.06. The number of aromatic carboxylic acids is 2. The number of benzene rings is 6. The van der Waals surface area contributed by atoms with Gasteiger partial charge in [-0.3, -0.25) is 9.59 Å².